The maximum absolute atomic E-state index is 13.8. The quantitative estimate of drug-likeness (QED) is 0.446. The third kappa shape index (κ3) is 4.01. The van der Waals surface area contributed by atoms with Crippen molar-refractivity contribution in [2.45, 2.75) is 13.8 Å². The number of fused-ring (bicyclic) bond motifs is 1. The van der Waals surface area contributed by atoms with E-state index >= 15 is 0 Å². The minimum Gasteiger partial charge on any atom is -0.493 e. The molecule has 0 fully saturated rings. The van der Waals surface area contributed by atoms with Gasteiger partial charge in [0, 0.05) is 12.1 Å². The van der Waals surface area contributed by atoms with E-state index in [1.165, 1.54) is 16.8 Å². The number of halogens is 1. The van der Waals surface area contributed by atoms with Gasteiger partial charge in [0.05, 0.1) is 31.0 Å². The molecule has 8 nitrogen and oxygen atoms in total. The summed E-state index contributed by atoms with van der Waals surface area (Å²) in [6.07, 6.45) is 0. The number of ether oxygens (including phenoxy) is 2. The molecule has 0 bridgehead atoms. The summed E-state index contributed by atoms with van der Waals surface area (Å²) in [5, 5.41) is 8.36. The molecular weight excluding hydrogens is 411 g/mol. The fourth-order valence-corrected chi connectivity index (χ4v) is 3.38. The van der Waals surface area contributed by atoms with Crippen molar-refractivity contribution in [3.63, 3.8) is 0 Å². The molecule has 0 spiro atoms. The Morgan fingerprint density at radius 2 is 1.84 bits per heavy atom. The molecule has 0 atom stereocenters. The van der Waals surface area contributed by atoms with E-state index in [0.717, 1.165) is 5.56 Å². The number of hydrogen-bond acceptors (Lipinski definition) is 7. The van der Waals surface area contributed by atoms with Crippen LogP contribution in [0, 0.1) is 11.7 Å². The van der Waals surface area contributed by atoms with E-state index in [1.54, 1.807) is 32.4 Å². The number of aromatic nitrogens is 4. The summed E-state index contributed by atoms with van der Waals surface area (Å²) < 4.78 is 26.1. The summed E-state index contributed by atoms with van der Waals surface area (Å²) in [7, 11) is 3.15. The van der Waals surface area contributed by atoms with Crippen molar-refractivity contribution in [1.29, 1.82) is 0 Å². The Bertz CT molecular complexity index is 1270. The summed E-state index contributed by atoms with van der Waals surface area (Å²) >= 11 is 0. The van der Waals surface area contributed by atoms with E-state index in [2.05, 4.69) is 29.2 Å². The van der Waals surface area contributed by atoms with Crippen molar-refractivity contribution in [3.05, 3.63) is 48.3 Å². The Kier molecular flexibility index (Phi) is 5.81. The lowest BCUT2D eigenvalue weighted by Crippen LogP contribution is -2.11. The maximum Gasteiger partial charge on any atom is 0.225 e. The molecule has 0 radical (unpaired) electrons. The van der Waals surface area contributed by atoms with Gasteiger partial charge < -0.3 is 20.5 Å². The van der Waals surface area contributed by atoms with Gasteiger partial charge in [-0.25, -0.2) is 14.1 Å². The van der Waals surface area contributed by atoms with Gasteiger partial charge >= 0.3 is 0 Å². The fraction of sp³-hybridized carbons (Fsp3) is 0.261. The highest BCUT2D eigenvalue weighted by atomic mass is 19.1. The van der Waals surface area contributed by atoms with Gasteiger partial charge in [-0.3, -0.25) is 0 Å². The molecule has 2 aromatic carbocycles. The highest BCUT2D eigenvalue weighted by molar-refractivity contribution is 5.99. The zero-order valence-electron chi connectivity index (χ0n) is 18.4. The van der Waals surface area contributed by atoms with Crippen molar-refractivity contribution >= 4 is 22.8 Å². The molecule has 0 aliphatic rings. The number of nitrogens with one attached hydrogen (secondary N) is 1. The van der Waals surface area contributed by atoms with Crippen LogP contribution >= 0.6 is 0 Å². The molecule has 2 aromatic heterocycles. The predicted octanol–water partition coefficient (Wildman–Crippen LogP) is 4.29. The van der Waals surface area contributed by atoms with E-state index in [1.807, 2.05) is 12.1 Å². The van der Waals surface area contributed by atoms with Crippen LogP contribution in [0.3, 0.4) is 0 Å². The molecule has 0 aliphatic carbocycles. The normalized spacial score (nSPS) is 11.2. The Labute approximate surface area is 185 Å². The zero-order chi connectivity index (χ0) is 22.8. The summed E-state index contributed by atoms with van der Waals surface area (Å²) in [4.78, 5) is 9.29. The first-order chi connectivity index (χ1) is 15.4. The Morgan fingerprint density at radius 1 is 1.06 bits per heavy atom. The topological polar surface area (TPSA) is 100 Å². The van der Waals surface area contributed by atoms with Crippen molar-refractivity contribution in [2.24, 2.45) is 5.92 Å². The van der Waals surface area contributed by atoms with Crippen LogP contribution in [0.1, 0.15) is 13.8 Å². The lowest BCUT2D eigenvalue weighted by Gasteiger charge is -2.12. The number of rotatable bonds is 7. The fourth-order valence-electron chi connectivity index (χ4n) is 3.38. The first-order valence-electron chi connectivity index (χ1n) is 10.2. The van der Waals surface area contributed by atoms with Crippen molar-refractivity contribution < 1.29 is 13.9 Å². The molecule has 166 valence electrons. The molecule has 3 N–H and O–H groups in total. The SMILES string of the molecule is COc1ccc(-c2nc(NCC(C)C)nc3nn(-c4cccc(F)c4)c(N)c23)cc1OC. The molecule has 0 aliphatic heterocycles. The second-order valence-corrected chi connectivity index (χ2v) is 7.72. The van der Waals surface area contributed by atoms with Crippen LogP contribution in [0.5, 0.6) is 11.5 Å². The third-order valence-corrected chi connectivity index (χ3v) is 4.95. The monoisotopic (exact) mass is 436 g/mol. The number of benzene rings is 2. The van der Waals surface area contributed by atoms with Gasteiger partial charge in [0.15, 0.2) is 17.1 Å². The summed E-state index contributed by atoms with van der Waals surface area (Å²) in [6.45, 7) is 4.88. The Balaban J connectivity index is 1.95. The zero-order valence-corrected chi connectivity index (χ0v) is 18.4. The van der Waals surface area contributed by atoms with Crippen LogP contribution in [0.2, 0.25) is 0 Å². The first-order valence-corrected chi connectivity index (χ1v) is 10.2. The lowest BCUT2D eigenvalue weighted by molar-refractivity contribution is 0.355. The highest BCUT2D eigenvalue weighted by Crippen LogP contribution is 2.37. The van der Waals surface area contributed by atoms with Crippen LogP contribution in [0.15, 0.2) is 42.5 Å². The molecule has 9 heteroatoms. The molecule has 4 rings (SSSR count). The summed E-state index contributed by atoms with van der Waals surface area (Å²) in [6, 6.07) is 11.6. The van der Waals surface area contributed by atoms with E-state index in [0.29, 0.717) is 58.1 Å². The lowest BCUT2D eigenvalue weighted by atomic mass is 10.1. The van der Waals surface area contributed by atoms with Crippen LogP contribution in [0.4, 0.5) is 16.2 Å². The van der Waals surface area contributed by atoms with Gasteiger partial charge in [0.1, 0.15) is 11.6 Å². The van der Waals surface area contributed by atoms with Crippen LogP contribution in [0.25, 0.3) is 28.0 Å². The van der Waals surface area contributed by atoms with Gasteiger partial charge in [-0.2, -0.15) is 4.98 Å². The maximum atomic E-state index is 13.8. The van der Waals surface area contributed by atoms with Gasteiger partial charge in [0.25, 0.3) is 0 Å². The van der Waals surface area contributed by atoms with Gasteiger partial charge in [-0.05, 0) is 42.3 Å². The smallest absolute Gasteiger partial charge is 0.225 e. The van der Waals surface area contributed by atoms with E-state index < -0.39 is 0 Å². The molecule has 4 aromatic rings. The number of nitrogens with zero attached hydrogens (tertiary/aromatic N) is 4. The first kappa shape index (κ1) is 21.4. The standard InChI is InChI=1S/C23H25FN6O2/c1-13(2)12-26-23-27-20(14-8-9-17(31-3)18(10-14)32-4)19-21(25)30(29-22(19)28-23)16-7-5-6-15(24)11-16/h5-11,13H,12,25H2,1-4H3,(H,26,28,29). The largest absolute Gasteiger partial charge is 0.493 e. The van der Waals surface area contributed by atoms with Gasteiger partial charge in [-0.1, -0.05) is 19.9 Å². The minimum absolute atomic E-state index is 0.311. The predicted molar refractivity (Wildman–Crippen MR) is 123 cm³/mol. The Morgan fingerprint density at radius 3 is 2.53 bits per heavy atom. The highest BCUT2D eigenvalue weighted by Gasteiger charge is 2.20. The van der Waals surface area contributed by atoms with Crippen molar-refractivity contribution in [2.75, 3.05) is 31.8 Å². The number of methoxy groups -OCH3 is 2. The average molecular weight is 436 g/mol. The van der Waals surface area contributed by atoms with E-state index in [-0.39, 0.29) is 5.82 Å². The molecule has 0 unspecified atom stereocenters. The molecule has 2 heterocycles. The molecule has 0 saturated carbocycles. The van der Waals surface area contributed by atoms with Crippen molar-refractivity contribution in [1.82, 2.24) is 19.7 Å². The van der Waals surface area contributed by atoms with Crippen LogP contribution < -0.4 is 20.5 Å². The molecule has 32 heavy (non-hydrogen) atoms. The number of anilines is 2. The van der Waals surface area contributed by atoms with Gasteiger partial charge in [-0.15, -0.1) is 5.10 Å². The number of hydrogen-bond donors (Lipinski definition) is 2. The van der Waals surface area contributed by atoms with Gasteiger partial charge in [0.2, 0.25) is 5.95 Å². The molecule has 0 saturated heterocycles. The minimum atomic E-state index is -0.382. The number of nitrogen functional groups attached to an aromatic ring is 1. The Hall–Kier alpha value is -3.88. The van der Waals surface area contributed by atoms with E-state index in [4.69, 9.17) is 20.2 Å². The molecular formula is C23H25FN6O2. The van der Waals surface area contributed by atoms with E-state index in [9.17, 15) is 4.39 Å². The third-order valence-electron chi connectivity index (χ3n) is 4.95. The average Bonchev–Trinajstić information content (AvgIpc) is 3.13. The summed E-state index contributed by atoms with van der Waals surface area (Å²) in [5.41, 5.74) is 8.72. The number of nitrogens with two attached hydrogens (primary N) is 1. The van der Waals surface area contributed by atoms with Crippen LogP contribution in [-0.2, 0) is 0 Å². The summed E-state index contributed by atoms with van der Waals surface area (Å²) in [5.74, 6) is 1.92. The second-order valence-electron chi connectivity index (χ2n) is 7.72. The van der Waals surface area contributed by atoms with Crippen molar-refractivity contribution in [3.8, 4) is 28.4 Å². The molecule has 0 amide bonds. The van der Waals surface area contributed by atoms with Crippen LogP contribution in [-0.4, -0.2) is 40.5 Å². The second kappa shape index (κ2) is 8.70.